The Balaban J connectivity index is 2.40. The van der Waals surface area contributed by atoms with E-state index in [1.165, 1.54) is 12.1 Å². The van der Waals surface area contributed by atoms with Crippen molar-refractivity contribution in [2.24, 2.45) is 5.92 Å². The third-order valence-electron chi connectivity index (χ3n) is 3.42. The summed E-state index contributed by atoms with van der Waals surface area (Å²) in [5.74, 6) is -1.06. The summed E-state index contributed by atoms with van der Waals surface area (Å²) in [5, 5.41) is 9.36. The lowest BCUT2D eigenvalue weighted by atomic mass is 9.95. The maximum atomic E-state index is 13.2. The van der Waals surface area contributed by atoms with Gasteiger partial charge in [-0.2, -0.15) is 0 Å². The molecule has 2 rings (SSSR count). The van der Waals surface area contributed by atoms with Crippen molar-refractivity contribution in [2.45, 2.75) is 32.7 Å². The van der Waals surface area contributed by atoms with Crippen LogP contribution >= 0.6 is 0 Å². The number of rotatable bonds is 3. The van der Waals surface area contributed by atoms with Crippen molar-refractivity contribution >= 4 is 11.7 Å². The zero-order valence-corrected chi connectivity index (χ0v) is 10.7. The van der Waals surface area contributed by atoms with E-state index < -0.39 is 12.0 Å². The molecule has 1 N–H and O–H groups in total. The number of carboxylic acid groups (broad SMARTS) is 1. The van der Waals surface area contributed by atoms with E-state index in [0.717, 1.165) is 24.1 Å². The smallest absolute Gasteiger partial charge is 0.326 e. The van der Waals surface area contributed by atoms with Crippen molar-refractivity contribution in [3.05, 3.63) is 29.6 Å². The average molecular weight is 251 g/mol. The van der Waals surface area contributed by atoms with Crippen LogP contribution in [0, 0.1) is 11.7 Å². The number of hydrogen-bond acceptors (Lipinski definition) is 2. The highest BCUT2D eigenvalue weighted by Crippen LogP contribution is 2.31. The number of benzene rings is 1. The lowest BCUT2D eigenvalue weighted by molar-refractivity contribution is -0.139. The molecule has 0 aromatic heterocycles. The first-order valence-corrected chi connectivity index (χ1v) is 6.28. The monoisotopic (exact) mass is 251 g/mol. The normalized spacial score (nSPS) is 16.6. The van der Waals surface area contributed by atoms with E-state index in [-0.39, 0.29) is 11.7 Å². The van der Waals surface area contributed by atoms with Crippen LogP contribution in [0.3, 0.4) is 0 Å². The van der Waals surface area contributed by atoms with E-state index in [2.05, 4.69) is 0 Å². The van der Waals surface area contributed by atoms with Crippen molar-refractivity contribution in [3.63, 3.8) is 0 Å². The number of fused-ring (bicyclic) bond motifs is 1. The summed E-state index contributed by atoms with van der Waals surface area (Å²) in [7, 11) is 0. The van der Waals surface area contributed by atoms with Crippen LogP contribution in [-0.4, -0.2) is 23.7 Å². The molecular weight excluding hydrogens is 233 g/mol. The van der Waals surface area contributed by atoms with E-state index in [0.29, 0.717) is 6.54 Å². The van der Waals surface area contributed by atoms with Crippen LogP contribution in [-0.2, 0) is 11.2 Å². The number of hydrogen-bond donors (Lipinski definition) is 1. The molecule has 0 unspecified atom stereocenters. The summed E-state index contributed by atoms with van der Waals surface area (Å²) in [6.07, 6.45) is 1.68. The Hall–Kier alpha value is -1.58. The van der Waals surface area contributed by atoms with E-state index in [9.17, 15) is 14.3 Å². The Morgan fingerprint density at radius 2 is 2.17 bits per heavy atom. The summed E-state index contributed by atoms with van der Waals surface area (Å²) >= 11 is 0. The number of aliphatic carboxylic acids is 1. The Morgan fingerprint density at radius 3 is 2.78 bits per heavy atom. The Bertz CT molecular complexity index is 459. The molecule has 1 atom stereocenters. The van der Waals surface area contributed by atoms with Crippen molar-refractivity contribution < 1.29 is 14.3 Å². The second-order valence-electron chi connectivity index (χ2n) is 5.10. The molecule has 0 spiro atoms. The Labute approximate surface area is 106 Å². The second kappa shape index (κ2) is 4.96. The zero-order chi connectivity index (χ0) is 13.3. The number of aryl methyl sites for hydroxylation is 1. The number of anilines is 1. The van der Waals surface area contributed by atoms with E-state index in [1.54, 1.807) is 6.07 Å². The maximum Gasteiger partial charge on any atom is 0.326 e. The van der Waals surface area contributed by atoms with E-state index in [4.69, 9.17) is 0 Å². The maximum absolute atomic E-state index is 13.2. The SMILES string of the molecule is CC(C)[C@H](C(=O)O)N1CCCc2cc(F)ccc21. The van der Waals surface area contributed by atoms with Crippen LogP contribution in [0.1, 0.15) is 25.8 Å². The molecule has 0 saturated carbocycles. The van der Waals surface area contributed by atoms with Gasteiger partial charge in [-0.3, -0.25) is 0 Å². The highest BCUT2D eigenvalue weighted by Gasteiger charge is 2.31. The van der Waals surface area contributed by atoms with Crippen LogP contribution in [0.4, 0.5) is 10.1 Å². The lowest BCUT2D eigenvalue weighted by Crippen LogP contribution is -2.47. The molecule has 1 aromatic rings. The number of carbonyl (C=O) groups is 1. The van der Waals surface area contributed by atoms with Gasteiger partial charge in [0.1, 0.15) is 11.9 Å². The van der Waals surface area contributed by atoms with Crippen molar-refractivity contribution in [3.8, 4) is 0 Å². The van der Waals surface area contributed by atoms with Crippen LogP contribution in [0.5, 0.6) is 0 Å². The van der Waals surface area contributed by atoms with Gasteiger partial charge in [0.2, 0.25) is 0 Å². The van der Waals surface area contributed by atoms with Gasteiger partial charge in [-0.1, -0.05) is 13.8 Å². The van der Waals surface area contributed by atoms with Crippen LogP contribution in [0.15, 0.2) is 18.2 Å². The molecule has 18 heavy (non-hydrogen) atoms. The summed E-state index contributed by atoms with van der Waals surface area (Å²) in [5.41, 5.74) is 1.77. The predicted octanol–water partition coefficient (Wildman–Crippen LogP) is 2.69. The number of nitrogens with zero attached hydrogens (tertiary/aromatic N) is 1. The van der Waals surface area contributed by atoms with Gasteiger partial charge in [0, 0.05) is 12.2 Å². The first kappa shape index (κ1) is 12.9. The average Bonchev–Trinajstić information content (AvgIpc) is 2.27. The highest BCUT2D eigenvalue weighted by molar-refractivity contribution is 5.79. The van der Waals surface area contributed by atoms with Crippen LogP contribution in [0.2, 0.25) is 0 Å². The third-order valence-corrected chi connectivity index (χ3v) is 3.42. The summed E-state index contributed by atoms with van der Waals surface area (Å²) in [6.45, 7) is 4.51. The quantitative estimate of drug-likeness (QED) is 0.898. The van der Waals surface area contributed by atoms with Gasteiger partial charge in [-0.25, -0.2) is 9.18 Å². The van der Waals surface area contributed by atoms with E-state index >= 15 is 0 Å². The predicted molar refractivity (Wildman–Crippen MR) is 68.3 cm³/mol. The minimum Gasteiger partial charge on any atom is -0.480 e. The van der Waals surface area contributed by atoms with Crippen LogP contribution < -0.4 is 4.90 Å². The molecule has 1 aromatic carbocycles. The minimum absolute atomic E-state index is 0.0125. The number of carboxylic acids is 1. The van der Waals surface area contributed by atoms with Gasteiger partial charge in [0.05, 0.1) is 0 Å². The molecule has 3 nitrogen and oxygen atoms in total. The van der Waals surface area contributed by atoms with Crippen molar-refractivity contribution in [1.29, 1.82) is 0 Å². The van der Waals surface area contributed by atoms with Gasteiger partial charge < -0.3 is 10.0 Å². The molecule has 1 aliphatic rings. The molecule has 0 fully saturated rings. The Morgan fingerprint density at radius 1 is 1.44 bits per heavy atom. The molecule has 0 saturated heterocycles. The highest BCUT2D eigenvalue weighted by atomic mass is 19.1. The standard InChI is InChI=1S/C14H18FNO2/c1-9(2)13(14(17)18)16-7-3-4-10-8-11(15)5-6-12(10)16/h5-6,8-9,13H,3-4,7H2,1-2H3,(H,17,18)/t13-/m1/s1. The van der Waals surface area contributed by atoms with Gasteiger partial charge in [0.15, 0.2) is 0 Å². The van der Waals surface area contributed by atoms with Crippen LogP contribution in [0.25, 0.3) is 0 Å². The van der Waals surface area contributed by atoms with Gasteiger partial charge in [-0.05, 0) is 42.5 Å². The molecule has 4 heteroatoms. The van der Waals surface area contributed by atoms with Gasteiger partial charge >= 0.3 is 5.97 Å². The molecule has 98 valence electrons. The molecule has 0 radical (unpaired) electrons. The van der Waals surface area contributed by atoms with Gasteiger partial charge in [0.25, 0.3) is 0 Å². The summed E-state index contributed by atoms with van der Waals surface area (Å²) < 4.78 is 13.2. The molecule has 1 aliphatic heterocycles. The fourth-order valence-corrected chi connectivity index (χ4v) is 2.66. The van der Waals surface area contributed by atoms with Gasteiger partial charge in [-0.15, -0.1) is 0 Å². The summed E-state index contributed by atoms with van der Waals surface area (Å²) in [4.78, 5) is 13.3. The fraction of sp³-hybridized carbons (Fsp3) is 0.500. The zero-order valence-electron chi connectivity index (χ0n) is 10.7. The first-order valence-electron chi connectivity index (χ1n) is 6.28. The largest absolute Gasteiger partial charge is 0.480 e. The second-order valence-corrected chi connectivity index (χ2v) is 5.10. The topological polar surface area (TPSA) is 40.5 Å². The lowest BCUT2D eigenvalue weighted by Gasteiger charge is -2.37. The fourth-order valence-electron chi connectivity index (χ4n) is 2.66. The number of halogens is 1. The molecule has 1 heterocycles. The third kappa shape index (κ3) is 2.33. The molecular formula is C14H18FNO2. The van der Waals surface area contributed by atoms with Crippen molar-refractivity contribution in [2.75, 3.05) is 11.4 Å². The molecule has 0 amide bonds. The first-order chi connectivity index (χ1) is 8.50. The summed E-state index contributed by atoms with van der Waals surface area (Å²) in [6, 6.07) is 4.06. The molecule has 0 aliphatic carbocycles. The van der Waals surface area contributed by atoms with Crippen molar-refractivity contribution in [1.82, 2.24) is 0 Å². The Kier molecular flexibility index (Phi) is 3.55. The molecule has 0 bridgehead atoms. The van der Waals surface area contributed by atoms with E-state index in [1.807, 2.05) is 18.7 Å². The minimum atomic E-state index is -0.817.